The number of hydrogen-bond donors (Lipinski definition) is 1. The minimum atomic E-state index is -3.78. The molecule has 2 aromatic carbocycles. The Morgan fingerprint density at radius 3 is 2.63 bits per heavy atom. The van der Waals surface area contributed by atoms with E-state index in [9.17, 15) is 13.2 Å². The van der Waals surface area contributed by atoms with Gasteiger partial charge in [0.1, 0.15) is 17.6 Å². The lowest BCUT2D eigenvalue weighted by Gasteiger charge is -2.10. The predicted molar refractivity (Wildman–Crippen MR) is 103 cm³/mol. The second-order valence-corrected chi connectivity index (χ2v) is 7.89. The van der Waals surface area contributed by atoms with E-state index in [-0.39, 0.29) is 16.8 Å². The number of ether oxygens (including phenoxy) is 2. The third-order valence-corrected chi connectivity index (χ3v) is 5.14. The number of rotatable bonds is 6. The smallest absolute Gasteiger partial charge is 0.238 e. The van der Waals surface area contributed by atoms with Crippen molar-refractivity contribution in [3.63, 3.8) is 0 Å². The molecule has 27 heavy (non-hydrogen) atoms. The lowest BCUT2D eigenvalue weighted by molar-refractivity contribution is 0.104. The minimum absolute atomic E-state index is 0.0356. The molecule has 0 spiro atoms. The van der Waals surface area contributed by atoms with Crippen LogP contribution in [0.15, 0.2) is 47.4 Å². The highest BCUT2D eigenvalue weighted by atomic mass is 32.2. The van der Waals surface area contributed by atoms with E-state index in [4.69, 9.17) is 14.6 Å². The van der Waals surface area contributed by atoms with Crippen LogP contribution < -0.4 is 14.6 Å². The number of sulfonamides is 1. The van der Waals surface area contributed by atoms with Gasteiger partial charge in [0.2, 0.25) is 10.0 Å². The van der Waals surface area contributed by atoms with Crippen LogP contribution in [0.1, 0.15) is 35.3 Å². The Kier molecular flexibility index (Phi) is 5.34. The second-order valence-electron chi connectivity index (χ2n) is 6.33. The number of carbonyl (C=O) groups is 1. The zero-order valence-electron chi connectivity index (χ0n) is 15.1. The zero-order valence-corrected chi connectivity index (χ0v) is 16.0. The molecule has 6 nitrogen and oxygen atoms in total. The summed E-state index contributed by atoms with van der Waals surface area (Å²) < 4.78 is 34.0. The van der Waals surface area contributed by atoms with Crippen molar-refractivity contribution >= 4 is 21.9 Å². The summed E-state index contributed by atoms with van der Waals surface area (Å²) in [5.41, 5.74) is 2.20. The fourth-order valence-electron chi connectivity index (χ4n) is 2.94. The first-order valence-electron chi connectivity index (χ1n) is 8.59. The van der Waals surface area contributed by atoms with Crippen LogP contribution in [0.5, 0.6) is 11.5 Å². The number of carbonyl (C=O) groups excluding carboxylic acids is 1. The molecule has 0 saturated heterocycles. The topological polar surface area (TPSA) is 95.7 Å². The van der Waals surface area contributed by atoms with Crippen LogP contribution in [0.2, 0.25) is 0 Å². The summed E-state index contributed by atoms with van der Waals surface area (Å²) in [5.74, 6) is 1.24. The average Bonchev–Trinajstić information content (AvgIpc) is 2.98. The van der Waals surface area contributed by atoms with Crippen LogP contribution in [0, 0.1) is 0 Å². The molecule has 2 aromatic rings. The molecule has 3 rings (SSSR count). The summed E-state index contributed by atoms with van der Waals surface area (Å²) in [6, 6.07) is 9.32. The molecule has 0 unspecified atom stereocenters. The largest absolute Gasteiger partial charge is 0.493 e. The molecule has 1 atom stereocenters. The van der Waals surface area contributed by atoms with Crippen LogP contribution in [-0.2, 0) is 16.4 Å². The van der Waals surface area contributed by atoms with E-state index < -0.39 is 10.0 Å². The molecular formula is C20H21NO5S. The summed E-state index contributed by atoms with van der Waals surface area (Å²) in [6.07, 6.45) is 4.05. The third kappa shape index (κ3) is 4.37. The van der Waals surface area contributed by atoms with E-state index in [2.05, 4.69) is 0 Å². The first-order chi connectivity index (χ1) is 12.8. The molecule has 0 radical (unpaired) electrons. The molecule has 0 fully saturated rings. The Morgan fingerprint density at radius 2 is 2.00 bits per heavy atom. The fraction of sp³-hybridized carbons (Fsp3) is 0.250. The lowest BCUT2D eigenvalue weighted by atomic mass is 10.0. The van der Waals surface area contributed by atoms with E-state index in [1.165, 1.54) is 30.3 Å². The number of primary sulfonamides is 1. The van der Waals surface area contributed by atoms with Crippen molar-refractivity contribution < 1.29 is 22.7 Å². The normalized spacial score (nSPS) is 16.2. The molecule has 1 aliphatic rings. The van der Waals surface area contributed by atoms with E-state index in [1.807, 2.05) is 26.0 Å². The number of ketones is 1. The van der Waals surface area contributed by atoms with Gasteiger partial charge in [-0.25, -0.2) is 13.6 Å². The van der Waals surface area contributed by atoms with Crippen molar-refractivity contribution in [3.05, 3.63) is 59.2 Å². The van der Waals surface area contributed by atoms with E-state index in [0.717, 1.165) is 23.3 Å². The maximum Gasteiger partial charge on any atom is 0.238 e. The van der Waals surface area contributed by atoms with Gasteiger partial charge in [0, 0.05) is 23.1 Å². The monoisotopic (exact) mass is 387 g/mol. The summed E-state index contributed by atoms with van der Waals surface area (Å²) in [5, 5.41) is 5.06. The van der Waals surface area contributed by atoms with Gasteiger partial charge in [0.15, 0.2) is 5.78 Å². The second kappa shape index (κ2) is 7.54. The molecule has 0 aliphatic carbocycles. The van der Waals surface area contributed by atoms with Crippen molar-refractivity contribution in [2.45, 2.75) is 31.3 Å². The molecule has 2 N–H and O–H groups in total. The standard InChI is InChI=1S/C20H21NO5S/c1-3-25-19-12-16-10-13(2)26-20(16)11-15(19)6-9-18(22)14-4-7-17(8-5-14)27(21,23)24/h4-9,11-13H,3,10H2,1-2H3,(H2,21,23,24)/b9-6+/t13-/m0/s1. The SMILES string of the molecule is CCOc1cc2c(cc1/C=C/C(=O)c1ccc(S(N)(=O)=O)cc1)O[C@@H](C)C2. The van der Waals surface area contributed by atoms with Crippen LogP contribution in [-0.4, -0.2) is 26.9 Å². The summed E-state index contributed by atoms with van der Waals surface area (Å²) in [7, 11) is -3.78. The molecule has 1 heterocycles. The van der Waals surface area contributed by atoms with Gasteiger partial charge in [-0.15, -0.1) is 0 Å². The molecule has 0 bridgehead atoms. The number of benzene rings is 2. The molecule has 0 amide bonds. The number of hydrogen-bond acceptors (Lipinski definition) is 5. The van der Waals surface area contributed by atoms with Crippen LogP contribution in [0.4, 0.5) is 0 Å². The van der Waals surface area contributed by atoms with Gasteiger partial charge < -0.3 is 9.47 Å². The molecule has 7 heteroatoms. The first-order valence-corrected chi connectivity index (χ1v) is 10.1. The van der Waals surface area contributed by atoms with Crippen molar-refractivity contribution in [3.8, 4) is 11.5 Å². The van der Waals surface area contributed by atoms with Gasteiger partial charge >= 0.3 is 0 Å². The first kappa shape index (κ1) is 19.1. The summed E-state index contributed by atoms with van der Waals surface area (Å²) in [4.78, 5) is 12.4. The molecule has 142 valence electrons. The Bertz CT molecular complexity index is 994. The maximum absolute atomic E-state index is 12.4. The van der Waals surface area contributed by atoms with Crippen LogP contribution >= 0.6 is 0 Å². The van der Waals surface area contributed by atoms with Crippen LogP contribution in [0.3, 0.4) is 0 Å². The van der Waals surface area contributed by atoms with Gasteiger partial charge in [0.25, 0.3) is 0 Å². The van der Waals surface area contributed by atoms with Crippen molar-refractivity contribution in [1.82, 2.24) is 0 Å². The molecule has 0 aromatic heterocycles. The highest BCUT2D eigenvalue weighted by Gasteiger charge is 2.21. The lowest BCUT2D eigenvalue weighted by Crippen LogP contribution is -2.12. The van der Waals surface area contributed by atoms with Crippen molar-refractivity contribution in [2.75, 3.05) is 6.61 Å². The van der Waals surface area contributed by atoms with Gasteiger partial charge in [-0.2, -0.15) is 0 Å². The Hall–Kier alpha value is -2.64. The zero-order chi connectivity index (χ0) is 19.6. The number of allylic oxidation sites excluding steroid dienone is 1. The van der Waals surface area contributed by atoms with Gasteiger partial charge in [-0.1, -0.05) is 0 Å². The maximum atomic E-state index is 12.4. The molecule has 0 saturated carbocycles. The van der Waals surface area contributed by atoms with E-state index in [0.29, 0.717) is 17.9 Å². The summed E-state index contributed by atoms with van der Waals surface area (Å²) in [6.45, 7) is 4.42. The minimum Gasteiger partial charge on any atom is -0.493 e. The Labute approximate surface area is 158 Å². The average molecular weight is 387 g/mol. The van der Waals surface area contributed by atoms with Crippen LogP contribution in [0.25, 0.3) is 6.08 Å². The van der Waals surface area contributed by atoms with E-state index >= 15 is 0 Å². The Balaban J connectivity index is 1.85. The quantitative estimate of drug-likeness (QED) is 0.607. The predicted octanol–water partition coefficient (Wildman–Crippen LogP) is 2.95. The molecule has 1 aliphatic heterocycles. The highest BCUT2D eigenvalue weighted by molar-refractivity contribution is 7.89. The molecular weight excluding hydrogens is 366 g/mol. The van der Waals surface area contributed by atoms with Gasteiger partial charge in [0.05, 0.1) is 11.5 Å². The fourth-order valence-corrected chi connectivity index (χ4v) is 3.45. The Morgan fingerprint density at radius 1 is 1.30 bits per heavy atom. The third-order valence-electron chi connectivity index (χ3n) is 4.21. The van der Waals surface area contributed by atoms with Gasteiger partial charge in [-0.3, -0.25) is 4.79 Å². The van der Waals surface area contributed by atoms with Gasteiger partial charge in [-0.05, 0) is 62.4 Å². The number of nitrogens with two attached hydrogens (primary N) is 1. The summed E-state index contributed by atoms with van der Waals surface area (Å²) >= 11 is 0. The number of fused-ring (bicyclic) bond motifs is 1. The van der Waals surface area contributed by atoms with E-state index in [1.54, 1.807) is 6.08 Å². The van der Waals surface area contributed by atoms with Crippen molar-refractivity contribution in [1.29, 1.82) is 0 Å². The van der Waals surface area contributed by atoms with Crippen molar-refractivity contribution in [2.24, 2.45) is 5.14 Å². The highest BCUT2D eigenvalue weighted by Crippen LogP contribution is 2.35.